The van der Waals surface area contributed by atoms with E-state index in [0.29, 0.717) is 6.04 Å². The Morgan fingerprint density at radius 1 is 1.46 bits per heavy atom. The minimum Gasteiger partial charge on any atom is -0.238 e. The summed E-state index contributed by atoms with van der Waals surface area (Å²) in [5.41, 5.74) is 1.31. The van der Waals surface area contributed by atoms with Gasteiger partial charge in [-0.05, 0) is 37.0 Å². The first-order chi connectivity index (χ1) is 6.34. The fourth-order valence-corrected chi connectivity index (χ4v) is 2.01. The number of hydrogen-bond acceptors (Lipinski definition) is 0. The molecule has 0 N–H and O–H groups in total. The van der Waals surface area contributed by atoms with Crippen LogP contribution in [0.3, 0.4) is 0 Å². The van der Waals surface area contributed by atoms with Gasteiger partial charge in [0.15, 0.2) is 0 Å². The van der Waals surface area contributed by atoms with Crippen LogP contribution >= 0.6 is 11.6 Å². The Kier molecular flexibility index (Phi) is 2.87. The molecule has 1 saturated heterocycles. The fraction of sp³-hybridized carbons (Fsp3) is 0.455. The van der Waals surface area contributed by atoms with Gasteiger partial charge >= 0.3 is 0 Å². The van der Waals surface area contributed by atoms with Crippen LogP contribution in [0, 0.1) is 0 Å². The summed E-state index contributed by atoms with van der Waals surface area (Å²) in [6, 6.07) is 8.62. The van der Waals surface area contributed by atoms with Crippen LogP contribution in [-0.2, 0) is 6.42 Å². The predicted octanol–water partition coefficient (Wildman–Crippen LogP) is 2.65. The summed E-state index contributed by atoms with van der Waals surface area (Å²) in [5.74, 6) is 0. The SMILES string of the molecule is Clc1cccc(CC2CCC[N]2)c1. The van der Waals surface area contributed by atoms with E-state index in [1.54, 1.807) is 0 Å². The topological polar surface area (TPSA) is 14.1 Å². The lowest BCUT2D eigenvalue weighted by atomic mass is 10.1. The van der Waals surface area contributed by atoms with Gasteiger partial charge in [-0.2, -0.15) is 0 Å². The first-order valence-corrected chi connectivity index (χ1v) is 5.13. The van der Waals surface area contributed by atoms with Crippen molar-refractivity contribution in [3.05, 3.63) is 34.9 Å². The lowest BCUT2D eigenvalue weighted by Gasteiger charge is -2.08. The second-order valence-electron chi connectivity index (χ2n) is 3.54. The van der Waals surface area contributed by atoms with Gasteiger partial charge in [0.1, 0.15) is 0 Å². The van der Waals surface area contributed by atoms with E-state index in [0.717, 1.165) is 18.0 Å². The molecule has 2 heteroatoms. The summed E-state index contributed by atoms with van der Waals surface area (Å²) in [6.07, 6.45) is 3.55. The molecule has 0 bridgehead atoms. The van der Waals surface area contributed by atoms with Crippen molar-refractivity contribution in [2.75, 3.05) is 6.54 Å². The van der Waals surface area contributed by atoms with Crippen LogP contribution in [0.4, 0.5) is 0 Å². The number of benzene rings is 1. The Hall–Kier alpha value is -0.530. The van der Waals surface area contributed by atoms with Gasteiger partial charge in [0.25, 0.3) is 0 Å². The van der Waals surface area contributed by atoms with Crippen molar-refractivity contribution in [3.63, 3.8) is 0 Å². The Labute approximate surface area is 84.1 Å². The van der Waals surface area contributed by atoms with Crippen LogP contribution in [0.25, 0.3) is 0 Å². The molecule has 0 aliphatic carbocycles. The fourth-order valence-electron chi connectivity index (χ4n) is 1.79. The molecule has 13 heavy (non-hydrogen) atoms. The third kappa shape index (κ3) is 2.45. The smallest absolute Gasteiger partial charge is 0.0408 e. The van der Waals surface area contributed by atoms with Gasteiger partial charge in [0.2, 0.25) is 0 Å². The van der Waals surface area contributed by atoms with Crippen LogP contribution in [-0.4, -0.2) is 12.6 Å². The molecule has 0 amide bonds. The van der Waals surface area contributed by atoms with Crippen molar-refractivity contribution in [2.45, 2.75) is 25.3 Å². The Morgan fingerprint density at radius 3 is 3.08 bits per heavy atom. The molecular weight excluding hydrogens is 182 g/mol. The molecule has 1 nitrogen and oxygen atoms in total. The summed E-state index contributed by atoms with van der Waals surface area (Å²) in [7, 11) is 0. The standard InChI is InChI=1S/C11H13ClN/c12-10-4-1-3-9(7-10)8-11-5-2-6-13-11/h1,3-4,7,11H,2,5-6,8H2. The van der Waals surface area contributed by atoms with Gasteiger partial charge in [-0.1, -0.05) is 23.7 Å². The molecule has 0 saturated carbocycles. The zero-order valence-electron chi connectivity index (χ0n) is 7.54. The lowest BCUT2D eigenvalue weighted by Crippen LogP contribution is -2.16. The van der Waals surface area contributed by atoms with E-state index in [1.165, 1.54) is 18.4 Å². The maximum Gasteiger partial charge on any atom is 0.0408 e. The summed E-state index contributed by atoms with van der Waals surface area (Å²) < 4.78 is 0. The largest absolute Gasteiger partial charge is 0.238 e. The molecule has 1 aromatic carbocycles. The minimum absolute atomic E-state index is 0.540. The maximum atomic E-state index is 5.90. The molecule has 0 aromatic heterocycles. The highest BCUT2D eigenvalue weighted by atomic mass is 35.5. The van der Waals surface area contributed by atoms with Gasteiger partial charge < -0.3 is 0 Å². The van der Waals surface area contributed by atoms with Crippen molar-refractivity contribution in [1.82, 2.24) is 5.32 Å². The molecule has 0 spiro atoms. The molecule has 1 fully saturated rings. The molecule has 1 aliphatic rings. The number of nitrogens with zero attached hydrogens (tertiary/aromatic N) is 1. The average molecular weight is 195 g/mol. The van der Waals surface area contributed by atoms with E-state index in [4.69, 9.17) is 11.6 Å². The lowest BCUT2D eigenvalue weighted by molar-refractivity contribution is 0.593. The van der Waals surface area contributed by atoms with Crippen LogP contribution < -0.4 is 5.32 Å². The van der Waals surface area contributed by atoms with Crippen LogP contribution in [0.1, 0.15) is 18.4 Å². The van der Waals surface area contributed by atoms with E-state index in [1.807, 2.05) is 18.2 Å². The second-order valence-corrected chi connectivity index (χ2v) is 3.97. The number of hydrogen-bond donors (Lipinski definition) is 0. The van der Waals surface area contributed by atoms with E-state index in [2.05, 4.69) is 11.4 Å². The van der Waals surface area contributed by atoms with Gasteiger partial charge in [-0.25, -0.2) is 5.32 Å². The zero-order valence-corrected chi connectivity index (χ0v) is 8.30. The first kappa shape index (κ1) is 9.04. The summed E-state index contributed by atoms with van der Waals surface area (Å²) in [5, 5.41) is 5.35. The number of halogens is 1. The maximum absolute atomic E-state index is 5.90. The molecule has 1 aliphatic heterocycles. The second kappa shape index (κ2) is 4.12. The van der Waals surface area contributed by atoms with Gasteiger partial charge in [-0.15, -0.1) is 0 Å². The summed E-state index contributed by atoms with van der Waals surface area (Å²) in [6.45, 7) is 1.05. The van der Waals surface area contributed by atoms with Crippen molar-refractivity contribution in [3.8, 4) is 0 Å². The highest BCUT2D eigenvalue weighted by Gasteiger charge is 2.15. The van der Waals surface area contributed by atoms with Gasteiger partial charge in [0.05, 0.1) is 0 Å². The highest BCUT2D eigenvalue weighted by Crippen LogP contribution is 2.16. The molecule has 1 heterocycles. The van der Waals surface area contributed by atoms with Crippen molar-refractivity contribution < 1.29 is 0 Å². The van der Waals surface area contributed by atoms with Crippen LogP contribution in [0.5, 0.6) is 0 Å². The molecule has 1 radical (unpaired) electrons. The summed E-state index contributed by atoms with van der Waals surface area (Å²) >= 11 is 5.90. The Bertz CT molecular complexity index is 279. The summed E-state index contributed by atoms with van der Waals surface area (Å²) in [4.78, 5) is 0. The number of rotatable bonds is 2. The predicted molar refractivity (Wildman–Crippen MR) is 55.2 cm³/mol. The minimum atomic E-state index is 0.540. The molecule has 1 aromatic rings. The zero-order chi connectivity index (χ0) is 9.10. The van der Waals surface area contributed by atoms with Gasteiger partial charge in [-0.3, -0.25) is 0 Å². The van der Waals surface area contributed by atoms with E-state index >= 15 is 0 Å². The van der Waals surface area contributed by atoms with E-state index < -0.39 is 0 Å². The van der Waals surface area contributed by atoms with Crippen molar-refractivity contribution in [1.29, 1.82) is 0 Å². The Morgan fingerprint density at radius 2 is 2.38 bits per heavy atom. The molecule has 69 valence electrons. The van der Waals surface area contributed by atoms with Gasteiger partial charge in [0, 0.05) is 17.6 Å². The highest BCUT2D eigenvalue weighted by molar-refractivity contribution is 6.30. The molecule has 1 unspecified atom stereocenters. The van der Waals surface area contributed by atoms with E-state index in [-0.39, 0.29) is 0 Å². The average Bonchev–Trinajstić information content (AvgIpc) is 2.57. The Balaban J connectivity index is 2.00. The molecule has 1 atom stereocenters. The van der Waals surface area contributed by atoms with Crippen LogP contribution in [0.2, 0.25) is 5.02 Å². The van der Waals surface area contributed by atoms with Crippen molar-refractivity contribution >= 4 is 11.6 Å². The monoisotopic (exact) mass is 194 g/mol. The van der Waals surface area contributed by atoms with Crippen LogP contribution in [0.15, 0.2) is 24.3 Å². The van der Waals surface area contributed by atoms with E-state index in [9.17, 15) is 0 Å². The molecule has 2 rings (SSSR count). The normalized spacial score (nSPS) is 22.1. The third-order valence-corrected chi connectivity index (χ3v) is 2.68. The first-order valence-electron chi connectivity index (χ1n) is 4.75. The quantitative estimate of drug-likeness (QED) is 0.688. The van der Waals surface area contributed by atoms with Crippen molar-refractivity contribution in [2.24, 2.45) is 0 Å². The molecular formula is C11H13ClN. The third-order valence-electron chi connectivity index (χ3n) is 2.44.